The van der Waals surface area contributed by atoms with Crippen molar-refractivity contribution in [2.24, 2.45) is 0 Å². The van der Waals surface area contributed by atoms with Gasteiger partial charge >= 0.3 is 0 Å². The highest BCUT2D eigenvalue weighted by atomic mass is 35.5. The van der Waals surface area contributed by atoms with Gasteiger partial charge < -0.3 is 9.80 Å². The average Bonchev–Trinajstić information content (AvgIpc) is 3.04. The zero-order valence-electron chi connectivity index (χ0n) is 12.9. The third kappa shape index (κ3) is 3.48. The average molecular weight is 367 g/mol. The number of benzene rings is 2. The minimum atomic E-state index is 0. The maximum atomic E-state index is 6.19. The van der Waals surface area contributed by atoms with Crippen molar-refractivity contribution >= 4 is 47.1 Å². The fourth-order valence-corrected chi connectivity index (χ4v) is 4.67. The topological polar surface area (TPSA) is 6.48 Å². The van der Waals surface area contributed by atoms with E-state index in [1.165, 1.54) is 47.1 Å². The second-order valence-electron chi connectivity index (χ2n) is 5.88. The molecule has 0 unspecified atom stereocenters. The van der Waals surface area contributed by atoms with Crippen molar-refractivity contribution in [3.8, 4) is 0 Å². The first kappa shape index (κ1) is 17.0. The molecule has 0 bridgehead atoms. The minimum Gasteiger partial charge on any atom is -0.338 e. The third-order valence-electron chi connectivity index (χ3n) is 4.43. The fraction of sp³-hybridized carbons (Fsp3) is 0.333. The van der Waals surface area contributed by atoms with E-state index in [4.69, 9.17) is 11.6 Å². The molecule has 1 fully saturated rings. The molecule has 1 saturated heterocycles. The van der Waals surface area contributed by atoms with Gasteiger partial charge in [-0.3, -0.25) is 0 Å². The molecule has 2 aromatic carbocycles. The first-order chi connectivity index (χ1) is 10.8. The predicted octanol–water partition coefficient (Wildman–Crippen LogP) is 5.46. The summed E-state index contributed by atoms with van der Waals surface area (Å²) in [5.74, 6) is 0. The van der Waals surface area contributed by atoms with Gasteiger partial charge in [-0.15, -0.1) is 12.4 Å². The van der Waals surface area contributed by atoms with E-state index < -0.39 is 0 Å². The van der Waals surface area contributed by atoms with Gasteiger partial charge in [0.2, 0.25) is 0 Å². The fourth-order valence-electron chi connectivity index (χ4n) is 3.30. The molecule has 122 valence electrons. The lowest BCUT2D eigenvalue weighted by Crippen LogP contribution is -2.32. The molecule has 0 N–H and O–H groups in total. The summed E-state index contributed by atoms with van der Waals surface area (Å²) >= 11 is 8.01. The molecular formula is C18H20Cl2N2S. The summed E-state index contributed by atoms with van der Waals surface area (Å²) in [4.78, 5) is 7.60. The molecule has 0 aliphatic carbocycles. The minimum absolute atomic E-state index is 0. The maximum absolute atomic E-state index is 6.19. The molecule has 4 rings (SSSR count). The number of rotatable bonds is 3. The lowest BCUT2D eigenvalue weighted by molar-refractivity contribution is 0.348. The molecule has 0 spiro atoms. The number of halogens is 2. The van der Waals surface area contributed by atoms with Gasteiger partial charge in [0, 0.05) is 27.9 Å². The van der Waals surface area contributed by atoms with Gasteiger partial charge in [-0.2, -0.15) is 0 Å². The van der Waals surface area contributed by atoms with Gasteiger partial charge in [0.25, 0.3) is 0 Å². The predicted molar refractivity (Wildman–Crippen MR) is 102 cm³/mol. The van der Waals surface area contributed by atoms with Crippen molar-refractivity contribution in [3.63, 3.8) is 0 Å². The number of likely N-dealkylation sites (tertiary alicyclic amines) is 1. The third-order valence-corrected chi connectivity index (χ3v) is 5.77. The molecule has 2 nitrogen and oxygen atoms in total. The van der Waals surface area contributed by atoms with Gasteiger partial charge in [0.1, 0.15) is 0 Å². The smallest absolute Gasteiger partial charge is 0.0554 e. The number of hydrogen-bond acceptors (Lipinski definition) is 3. The molecule has 0 amide bonds. The Bertz CT molecular complexity index is 686. The van der Waals surface area contributed by atoms with Crippen molar-refractivity contribution in [2.45, 2.75) is 22.6 Å². The maximum Gasteiger partial charge on any atom is 0.0554 e. The zero-order chi connectivity index (χ0) is 14.9. The van der Waals surface area contributed by atoms with Crippen LogP contribution in [-0.2, 0) is 0 Å². The van der Waals surface area contributed by atoms with Crippen LogP contribution in [0.3, 0.4) is 0 Å². The highest BCUT2D eigenvalue weighted by Crippen LogP contribution is 2.48. The van der Waals surface area contributed by atoms with Gasteiger partial charge in [0.15, 0.2) is 0 Å². The quantitative estimate of drug-likeness (QED) is 0.711. The van der Waals surface area contributed by atoms with Crippen LogP contribution >= 0.6 is 35.8 Å². The molecule has 5 heteroatoms. The van der Waals surface area contributed by atoms with Crippen LogP contribution < -0.4 is 4.90 Å². The highest BCUT2D eigenvalue weighted by Gasteiger charge is 2.24. The second-order valence-corrected chi connectivity index (χ2v) is 7.40. The summed E-state index contributed by atoms with van der Waals surface area (Å²) in [7, 11) is 0. The molecule has 2 aliphatic heterocycles. The van der Waals surface area contributed by atoms with E-state index in [1.54, 1.807) is 0 Å². The zero-order valence-corrected chi connectivity index (χ0v) is 15.3. The van der Waals surface area contributed by atoms with Crippen molar-refractivity contribution < 1.29 is 0 Å². The normalized spacial score (nSPS) is 16.7. The highest BCUT2D eigenvalue weighted by molar-refractivity contribution is 7.99. The van der Waals surface area contributed by atoms with Crippen LogP contribution in [-0.4, -0.2) is 31.1 Å². The molecule has 23 heavy (non-hydrogen) atoms. The van der Waals surface area contributed by atoms with Crippen LogP contribution in [0.15, 0.2) is 52.3 Å². The number of anilines is 2. The Morgan fingerprint density at radius 3 is 2.48 bits per heavy atom. The van der Waals surface area contributed by atoms with Crippen LogP contribution in [0.5, 0.6) is 0 Å². The molecular weight excluding hydrogens is 347 g/mol. The first-order valence-electron chi connectivity index (χ1n) is 7.87. The number of hydrogen-bond donors (Lipinski definition) is 0. The Morgan fingerprint density at radius 1 is 0.913 bits per heavy atom. The van der Waals surface area contributed by atoms with Gasteiger partial charge in [0.05, 0.1) is 11.4 Å². The number of fused-ring (bicyclic) bond motifs is 2. The van der Waals surface area contributed by atoms with Crippen molar-refractivity contribution in [2.75, 3.05) is 31.1 Å². The van der Waals surface area contributed by atoms with E-state index in [2.05, 4.69) is 46.2 Å². The second kappa shape index (κ2) is 7.35. The number of nitrogens with zero attached hydrogens (tertiary/aromatic N) is 2. The van der Waals surface area contributed by atoms with Gasteiger partial charge in [-0.05, 0) is 56.3 Å². The van der Waals surface area contributed by atoms with E-state index >= 15 is 0 Å². The van der Waals surface area contributed by atoms with Gasteiger partial charge in [-0.1, -0.05) is 35.5 Å². The summed E-state index contributed by atoms with van der Waals surface area (Å²) in [6.07, 6.45) is 2.69. The van der Waals surface area contributed by atoms with Crippen LogP contribution in [0.2, 0.25) is 5.02 Å². The first-order valence-corrected chi connectivity index (χ1v) is 9.07. The van der Waals surface area contributed by atoms with Crippen LogP contribution in [0, 0.1) is 0 Å². The lowest BCUT2D eigenvalue weighted by atomic mass is 10.2. The van der Waals surface area contributed by atoms with E-state index in [9.17, 15) is 0 Å². The molecule has 2 heterocycles. The molecule has 0 saturated carbocycles. The summed E-state index contributed by atoms with van der Waals surface area (Å²) < 4.78 is 0. The van der Waals surface area contributed by atoms with Crippen molar-refractivity contribution in [1.29, 1.82) is 0 Å². The Labute approximate surface area is 153 Å². The molecule has 2 aliphatic rings. The molecule has 2 aromatic rings. The largest absolute Gasteiger partial charge is 0.338 e. The monoisotopic (exact) mass is 366 g/mol. The Morgan fingerprint density at radius 2 is 1.65 bits per heavy atom. The Kier molecular flexibility index (Phi) is 5.42. The van der Waals surface area contributed by atoms with E-state index in [0.29, 0.717) is 0 Å². The van der Waals surface area contributed by atoms with Crippen LogP contribution in [0.25, 0.3) is 0 Å². The van der Waals surface area contributed by atoms with Crippen LogP contribution in [0.4, 0.5) is 11.4 Å². The molecule has 0 atom stereocenters. The molecule has 0 aromatic heterocycles. The SMILES string of the molecule is Cl.Clc1ccc2c(c1)Sc1ccccc1N2CCN1CCCC1. The van der Waals surface area contributed by atoms with Crippen molar-refractivity contribution in [1.82, 2.24) is 4.90 Å². The van der Waals surface area contributed by atoms with E-state index in [-0.39, 0.29) is 12.4 Å². The molecule has 0 radical (unpaired) electrons. The van der Waals surface area contributed by atoms with E-state index in [0.717, 1.165) is 18.1 Å². The number of para-hydroxylation sites is 1. The summed E-state index contributed by atoms with van der Waals surface area (Å²) in [6.45, 7) is 4.66. The lowest BCUT2D eigenvalue weighted by Gasteiger charge is -2.34. The summed E-state index contributed by atoms with van der Waals surface area (Å²) in [5, 5.41) is 0.810. The summed E-state index contributed by atoms with van der Waals surface area (Å²) in [5.41, 5.74) is 2.61. The summed E-state index contributed by atoms with van der Waals surface area (Å²) in [6, 6.07) is 14.9. The Hall–Kier alpha value is -0.870. The van der Waals surface area contributed by atoms with E-state index in [1.807, 2.05) is 17.8 Å². The standard InChI is InChI=1S/C18H19ClN2S.ClH/c19-14-7-8-16-18(13-14)22-17-6-2-1-5-15(17)21(16)12-11-20-9-3-4-10-20;/h1-2,5-8,13H,3-4,9-12H2;1H. The van der Waals surface area contributed by atoms with Crippen molar-refractivity contribution in [3.05, 3.63) is 47.5 Å². The Balaban J connectivity index is 0.00000156. The van der Waals surface area contributed by atoms with Crippen LogP contribution in [0.1, 0.15) is 12.8 Å². The van der Waals surface area contributed by atoms with Gasteiger partial charge in [-0.25, -0.2) is 0 Å².